The number of hydrogen-bond donors (Lipinski definition) is 6. The number of aromatic hydroxyl groups is 1. The van der Waals surface area contributed by atoms with Gasteiger partial charge in [-0.05, 0) is 0 Å². The summed E-state index contributed by atoms with van der Waals surface area (Å²) in [4.78, 5) is 43.7. The number of carbonyl (C=O) groups excluding carboxylic acids is 3. The number of nitrogens with zero attached hydrogens (tertiary/aromatic N) is 2. The van der Waals surface area contributed by atoms with Crippen molar-refractivity contribution in [3.05, 3.63) is 117 Å². The summed E-state index contributed by atoms with van der Waals surface area (Å²) in [7, 11) is 2.77. The Labute approximate surface area is 275 Å². The number of halogens is 2. The zero-order valence-corrected chi connectivity index (χ0v) is 29.8. The molecule has 13 heteroatoms. The quantitative estimate of drug-likeness (QED) is 0.0412. The molecule has 0 saturated heterocycles. The number of likely N-dealkylation sites (N-methyl/N-ethyl adjacent to an activating group) is 1. The number of alkyl halides is 4. The molecular weight excluding hydrogens is 820 g/mol. The standard InChI is InChI=1S/C33H37I2N3O8/c1-19-23-15-16-24(38(17-21-11-7-5-8-12-21)18-22-13-9-6-10-14-22)27(40)25(23)29(42)34(19)33(45)35(46,20(2)39)30(37(3)4)28(41)26(31(35)43)32(36)44/h5-16,19,30,33,39-41,45-46H,2,17-18H2,1,3-4H3,(H2,36,44)/t19-,30+,33-/m0/s1. The average Bonchev–Trinajstić information content (AvgIpc) is 3.37. The zero-order valence-electron chi connectivity index (χ0n) is 25.5. The number of nitrogens with two attached hydrogens (primary N) is 1. The molecule has 5 rings (SSSR count). The van der Waals surface area contributed by atoms with Gasteiger partial charge in [0.05, 0.1) is 0 Å². The molecule has 0 fully saturated rings. The number of benzene rings is 3. The van der Waals surface area contributed by atoms with Crippen molar-refractivity contribution in [1.82, 2.24) is 4.90 Å². The molecule has 46 heavy (non-hydrogen) atoms. The number of aliphatic hydroxyl groups is 3. The van der Waals surface area contributed by atoms with Gasteiger partial charge in [-0.1, -0.05) is 0 Å². The Hall–Kier alpha value is -3.51. The summed E-state index contributed by atoms with van der Waals surface area (Å²) < 4.78 is 5.00. The third-order valence-corrected chi connectivity index (χ3v) is 35.0. The summed E-state index contributed by atoms with van der Waals surface area (Å²) in [6.07, 6.45) is 0. The predicted molar refractivity (Wildman–Crippen MR) is 193 cm³/mol. The van der Waals surface area contributed by atoms with Crippen molar-refractivity contribution in [2.75, 3.05) is 19.0 Å². The van der Waals surface area contributed by atoms with Gasteiger partial charge in [0.2, 0.25) is 0 Å². The van der Waals surface area contributed by atoms with Crippen LogP contribution in [0.4, 0.5) is 5.69 Å². The van der Waals surface area contributed by atoms with E-state index < -0.39 is 76.0 Å². The summed E-state index contributed by atoms with van der Waals surface area (Å²) in [5, 5.41) is 46.0. The molecule has 3 aromatic carbocycles. The maximum atomic E-state index is 14.4. The first-order chi connectivity index (χ1) is 21.7. The number of phenols is 1. The average molecular weight is 857 g/mol. The van der Waals surface area contributed by atoms with Crippen molar-refractivity contribution >= 4 is 56.5 Å². The first-order valence-corrected chi connectivity index (χ1v) is 23.3. The minimum absolute atomic E-state index is 0.0242. The number of hydrogen-bond acceptors (Lipinski definition) is 10. The van der Waals surface area contributed by atoms with Crippen LogP contribution in [0.3, 0.4) is 0 Å². The Kier molecular flexibility index (Phi) is 9.02. The molecule has 0 radical (unpaired) electrons. The minimum atomic E-state index is -6.81. The van der Waals surface area contributed by atoms with E-state index in [0.717, 1.165) is 11.1 Å². The van der Waals surface area contributed by atoms with E-state index in [1.807, 2.05) is 65.6 Å². The van der Waals surface area contributed by atoms with Crippen LogP contribution < -0.4 is 10.6 Å². The van der Waals surface area contributed by atoms with Gasteiger partial charge in [-0.3, -0.25) is 0 Å². The van der Waals surface area contributed by atoms with Gasteiger partial charge in [-0.15, -0.1) is 0 Å². The molecule has 0 unspecified atom stereocenters. The molecule has 0 aromatic heterocycles. The van der Waals surface area contributed by atoms with E-state index in [1.54, 1.807) is 19.1 Å². The number of anilines is 1. The van der Waals surface area contributed by atoms with E-state index >= 15 is 0 Å². The van der Waals surface area contributed by atoms with E-state index in [9.17, 15) is 38.2 Å². The van der Waals surface area contributed by atoms with Gasteiger partial charge in [0.25, 0.3) is 0 Å². The number of phenolic OH excluding ortho intramolecular Hbond substituents is 1. The van der Waals surface area contributed by atoms with E-state index in [0.29, 0.717) is 24.3 Å². The van der Waals surface area contributed by atoms with E-state index in [2.05, 4.69) is 6.58 Å². The van der Waals surface area contributed by atoms with Crippen LogP contribution in [0.25, 0.3) is 0 Å². The normalized spacial score (nSPS) is 22.3. The summed E-state index contributed by atoms with van der Waals surface area (Å²) >= 11 is -10.6. The number of carbonyl (C=O) groups is 3. The molecule has 246 valence electrons. The molecule has 2 aliphatic rings. The van der Waals surface area contributed by atoms with Crippen molar-refractivity contribution in [2.24, 2.45) is 5.73 Å². The molecule has 0 bridgehead atoms. The molecule has 0 spiro atoms. The maximum absolute atomic E-state index is 14.4. The fourth-order valence-electron chi connectivity index (χ4n) is 6.11. The first-order valence-electron chi connectivity index (χ1n) is 14.1. The van der Waals surface area contributed by atoms with Crippen LogP contribution in [0, 0.1) is 0 Å². The van der Waals surface area contributed by atoms with Crippen molar-refractivity contribution in [2.45, 2.75) is 30.1 Å². The van der Waals surface area contributed by atoms with Crippen LogP contribution in [-0.4, -0.2) is 62.5 Å². The van der Waals surface area contributed by atoms with Gasteiger partial charge in [-0.2, -0.15) is 0 Å². The van der Waals surface area contributed by atoms with Crippen LogP contribution in [0.2, 0.25) is 0 Å². The van der Waals surface area contributed by atoms with E-state index in [1.165, 1.54) is 19.0 Å². The second kappa shape index (κ2) is 12.3. The van der Waals surface area contributed by atoms with E-state index in [-0.39, 0.29) is 11.3 Å². The summed E-state index contributed by atoms with van der Waals surface area (Å²) in [5.41, 5.74) is 7.19. The number of aliphatic hydroxyl groups excluding tert-OH is 3. The molecule has 1 amide bonds. The van der Waals surface area contributed by atoms with Gasteiger partial charge >= 0.3 is 277 Å². The fourth-order valence-corrected chi connectivity index (χ4v) is 36.7. The first kappa shape index (κ1) is 33.8. The van der Waals surface area contributed by atoms with Crippen LogP contribution in [-0.2, 0) is 22.7 Å². The van der Waals surface area contributed by atoms with Crippen molar-refractivity contribution in [1.29, 1.82) is 0 Å². The SMILES string of the molecule is C=C(O)I1(O)([C@@H](O)I2C(=O)c3c(ccc(N(Cc4ccccc4)Cc4ccccc4)c3O)[C@@H]2C)C(=O)C(C(N)=O)=C(O)[C@H]1N(C)C. The molecule has 0 aliphatic carbocycles. The van der Waals surface area contributed by atoms with E-state index in [4.69, 9.17) is 5.73 Å². The number of rotatable bonds is 10. The Bertz CT molecular complexity index is 1740. The Balaban J connectivity index is 1.62. The van der Waals surface area contributed by atoms with Crippen LogP contribution in [0.15, 0.2) is 94.5 Å². The summed E-state index contributed by atoms with van der Waals surface area (Å²) in [6, 6.07) is 22.6. The molecule has 3 aromatic rings. The molecule has 7 N–H and O–H groups in total. The van der Waals surface area contributed by atoms with Gasteiger partial charge in [-0.25, -0.2) is 0 Å². The topological polar surface area (TPSA) is 185 Å². The number of primary amides is 1. The molecular formula is C33H37I2N3O8. The second-order valence-electron chi connectivity index (χ2n) is 11.3. The second-order valence-corrected chi connectivity index (χ2v) is 30.1. The Morgan fingerprint density at radius 2 is 1.50 bits per heavy atom. The molecule has 2 aliphatic heterocycles. The Morgan fingerprint density at radius 3 is 1.96 bits per heavy atom. The van der Waals surface area contributed by atoms with Crippen LogP contribution >= 0.6 is 37.3 Å². The summed E-state index contributed by atoms with van der Waals surface area (Å²) in [5.74, 6) is -2.53. The fraction of sp³-hybridized carbons (Fsp3) is 0.242. The van der Waals surface area contributed by atoms with Gasteiger partial charge in [0.1, 0.15) is 0 Å². The number of amides is 1. The van der Waals surface area contributed by atoms with Gasteiger partial charge < -0.3 is 0 Å². The molecule has 0 saturated carbocycles. The van der Waals surface area contributed by atoms with Crippen LogP contribution in [0.1, 0.15) is 37.9 Å². The monoisotopic (exact) mass is 857 g/mol. The molecule has 2 heterocycles. The summed E-state index contributed by atoms with van der Waals surface area (Å²) in [6.45, 7) is 5.93. The third-order valence-electron chi connectivity index (χ3n) is 8.31. The Morgan fingerprint density at radius 1 is 0.978 bits per heavy atom. The van der Waals surface area contributed by atoms with Crippen molar-refractivity contribution < 1.29 is 38.2 Å². The van der Waals surface area contributed by atoms with Gasteiger partial charge in [0.15, 0.2) is 0 Å². The van der Waals surface area contributed by atoms with Gasteiger partial charge in [0, 0.05) is 0 Å². The third kappa shape index (κ3) is 4.90. The molecule has 11 nitrogen and oxygen atoms in total. The predicted octanol–water partition coefficient (Wildman–Crippen LogP) is 4.84. The number of fused-ring (bicyclic) bond motifs is 1. The zero-order chi connectivity index (χ0) is 33.7. The molecule has 3 atom stereocenters. The van der Waals surface area contributed by atoms with Crippen LogP contribution in [0.5, 0.6) is 5.75 Å². The van der Waals surface area contributed by atoms with Crippen molar-refractivity contribution in [3.8, 4) is 5.75 Å². The van der Waals surface area contributed by atoms with Crippen molar-refractivity contribution in [3.63, 3.8) is 0 Å².